The zero-order valence-electron chi connectivity index (χ0n) is 36.1. The summed E-state index contributed by atoms with van der Waals surface area (Å²) in [5, 5.41) is 23.4. The number of hydrogen-bond acceptors (Lipinski definition) is 13. The van der Waals surface area contributed by atoms with Gasteiger partial charge in [0.15, 0.2) is 5.72 Å². The van der Waals surface area contributed by atoms with E-state index in [0.29, 0.717) is 36.5 Å². The summed E-state index contributed by atoms with van der Waals surface area (Å²) in [4.78, 5) is 68.1. The molecule has 0 radical (unpaired) electrons. The number of rotatable bonds is 14. The van der Waals surface area contributed by atoms with Crippen LogP contribution >= 0.6 is 33.2 Å². The third-order valence-corrected chi connectivity index (χ3v) is 15.2. The summed E-state index contributed by atoms with van der Waals surface area (Å²) in [6.07, 6.45) is 2.04. The van der Waals surface area contributed by atoms with Crippen LogP contribution in [0, 0.1) is 5.92 Å². The second kappa shape index (κ2) is 20.6. The van der Waals surface area contributed by atoms with Crippen LogP contribution in [-0.2, 0) is 44.5 Å². The second-order valence-electron chi connectivity index (χ2n) is 16.6. The third-order valence-electron chi connectivity index (χ3n) is 11.4. The topological polar surface area (TPSA) is 194 Å². The number of amides is 3. The van der Waals surface area contributed by atoms with Crippen LogP contribution < -0.4 is 15.0 Å². The predicted octanol–water partition coefficient (Wildman–Crippen LogP) is 6.32. The Morgan fingerprint density at radius 3 is 2.55 bits per heavy atom. The summed E-state index contributed by atoms with van der Waals surface area (Å²) < 4.78 is 29.1. The number of carboxylic acids is 1. The number of methoxy groups -OCH3 is 2. The summed E-state index contributed by atoms with van der Waals surface area (Å²) >= 11 is 6.79. The zero-order chi connectivity index (χ0) is 44.7. The maximum absolute atomic E-state index is 14.3. The number of likely N-dealkylation sites (N-methyl/N-ethyl adjacent to an activating group) is 1. The fraction of sp³-hybridized carbons (Fsp3) is 0.643. The molecular weight excluding hydrogens is 838 g/mol. The Balaban J connectivity index is 1.62. The number of carbonyl (C=O) groups is 5. The summed E-state index contributed by atoms with van der Waals surface area (Å²) in [6.45, 7) is 11.0. The fourth-order valence-corrected chi connectivity index (χ4v) is 10.3. The van der Waals surface area contributed by atoms with Crippen molar-refractivity contribution in [2.75, 3.05) is 39.0 Å². The quantitative estimate of drug-likeness (QED) is 0.0813. The van der Waals surface area contributed by atoms with Gasteiger partial charge in [-0.15, -0.1) is 0 Å². The van der Waals surface area contributed by atoms with Crippen LogP contribution in [0.5, 0.6) is 5.75 Å². The van der Waals surface area contributed by atoms with Crippen molar-refractivity contribution in [2.24, 2.45) is 5.92 Å². The van der Waals surface area contributed by atoms with Gasteiger partial charge in [0.1, 0.15) is 40.7 Å². The van der Waals surface area contributed by atoms with Crippen molar-refractivity contribution in [2.45, 2.75) is 133 Å². The van der Waals surface area contributed by atoms with E-state index in [1.54, 1.807) is 73.7 Å². The van der Waals surface area contributed by atoms with Gasteiger partial charge >= 0.3 is 18.0 Å². The minimum Gasteiger partial charge on any atom is -0.495 e. The van der Waals surface area contributed by atoms with Crippen LogP contribution in [0.2, 0.25) is 5.02 Å². The molecule has 1 aromatic rings. The average Bonchev–Trinajstić information content (AvgIpc) is 3.88. The maximum atomic E-state index is 14.3. The first-order valence-electron chi connectivity index (χ1n) is 19.9. The first kappa shape index (κ1) is 49.2. The summed E-state index contributed by atoms with van der Waals surface area (Å²) in [5.74, 6) is -1.85. The van der Waals surface area contributed by atoms with Gasteiger partial charge in [0.2, 0.25) is 11.8 Å². The molecule has 0 aromatic heterocycles. The smallest absolute Gasteiger partial charge is 0.409 e. The number of aliphatic carboxylic acids is 1. The lowest BCUT2D eigenvalue weighted by atomic mass is 9.83. The minimum absolute atomic E-state index is 0.0691. The van der Waals surface area contributed by atoms with Gasteiger partial charge in [-0.2, -0.15) is 0 Å². The molecule has 3 aliphatic heterocycles. The van der Waals surface area contributed by atoms with Gasteiger partial charge in [-0.05, 0) is 71.6 Å². The number of allylic oxidation sites excluding steroid dienone is 3. The molecule has 0 aliphatic carbocycles. The van der Waals surface area contributed by atoms with Gasteiger partial charge in [0.25, 0.3) is 0 Å². The zero-order valence-corrected chi connectivity index (χ0v) is 38.5. The molecule has 0 spiro atoms. The van der Waals surface area contributed by atoms with Crippen molar-refractivity contribution in [1.29, 1.82) is 0 Å². The Morgan fingerprint density at radius 2 is 1.90 bits per heavy atom. The van der Waals surface area contributed by atoms with Crippen LogP contribution in [0.4, 0.5) is 10.5 Å². The van der Waals surface area contributed by atoms with Crippen molar-refractivity contribution in [3.63, 3.8) is 0 Å². The lowest BCUT2D eigenvalue weighted by Gasteiger charge is -2.42. The van der Waals surface area contributed by atoms with Crippen molar-refractivity contribution in [3.8, 4) is 5.75 Å². The number of fused-ring (bicyclic) bond motifs is 5. The molecule has 2 fully saturated rings. The highest BCUT2D eigenvalue weighted by Gasteiger charge is 2.64. The Labute approximate surface area is 365 Å². The number of alkyl carbamates (subject to hydrolysis) is 1. The van der Waals surface area contributed by atoms with Crippen LogP contribution in [-0.4, -0.2) is 126 Å². The largest absolute Gasteiger partial charge is 0.495 e. The Hall–Kier alpha value is -3.48. The summed E-state index contributed by atoms with van der Waals surface area (Å²) in [7, 11) is 9.15. The molecule has 334 valence electrons. The molecule has 8 unspecified atom stereocenters. The molecule has 2 saturated heterocycles. The molecule has 3 heterocycles. The number of esters is 1. The van der Waals surface area contributed by atoms with Gasteiger partial charge in [0.05, 0.1) is 25.3 Å². The Morgan fingerprint density at radius 1 is 1.20 bits per heavy atom. The molecule has 3 amide bonds. The predicted molar refractivity (Wildman–Crippen MR) is 231 cm³/mol. The fourth-order valence-electron chi connectivity index (χ4n) is 7.33. The lowest BCUT2D eigenvalue weighted by molar-refractivity contribution is -0.162. The van der Waals surface area contributed by atoms with Gasteiger partial charge in [-0.3, -0.25) is 19.7 Å². The second-order valence-corrected chi connectivity index (χ2v) is 20.1. The molecule has 4 rings (SSSR count). The number of nitrogens with one attached hydrogen (secondary N) is 1. The molecule has 18 heteroatoms. The molecule has 15 nitrogen and oxygen atoms in total. The highest BCUT2D eigenvalue weighted by atomic mass is 35.5. The maximum Gasteiger partial charge on any atom is 0.409 e. The van der Waals surface area contributed by atoms with Crippen LogP contribution in [0.15, 0.2) is 35.9 Å². The molecule has 3 aliphatic rings. The van der Waals surface area contributed by atoms with E-state index in [-0.39, 0.29) is 41.4 Å². The average molecular weight is 899 g/mol. The van der Waals surface area contributed by atoms with E-state index in [4.69, 9.17) is 40.4 Å². The van der Waals surface area contributed by atoms with Gasteiger partial charge < -0.3 is 43.7 Å². The third kappa shape index (κ3) is 12.3. The summed E-state index contributed by atoms with van der Waals surface area (Å²) in [6, 6.07) is 2.54. The SMILES string of the molecule is COc1cc2cc(c1Cl)N(C)C(=O)CC(OC(=O)C(C)N(C)C(=O)CCC(C)(C)SSCCCC(=O)O)C1(C)OC1C(C)C1CC(O)(NC(=O)O1)C(OC)C=CC=C(C)C2. The number of benzene rings is 1. The van der Waals surface area contributed by atoms with Crippen molar-refractivity contribution >= 4 is 68.7 Å². The molecular formula is C42H60ClN3O12S2. The van der Waals surface area contributed by atoms with Gasteiger partial charge in [-0.25, -0.2) is 9.59 Å². The van der Waals surface area contributed by atoms with E-state index in [9.17, 15) is 29.1 Å². The van der Waals surface area contributed by atoms with E-state index in [2.05, 4.69) is 5.32 Å². The van der Waals surface area contributed by atoms with Crippen molar-refractivity contribution in [1.82, 2.24) is 10.2 Å². The number of nitrogens with zero attached hydrogens (tertiary/aromatic N) is 2. The number of halogens is 1. The summed E-state index contributed by atoms with van der Waals surface area (Å²) in [5.41, 5.74) is -1.01. The Bertz CT molecular complexity index is 1830. The van der Waals surface area contributed by atoms with E-state index in [0.717, 1.165) is 11.1 Å². The standard InChI is InChI=1S/C42H60ClN3O12S2/c1-24-13-11-14-31(55-10)42(53)23-30(56-39(52)44-42)25(2)37-41(6,58-37)32(22-34(48)46(8)28-20-27(19-24)21-29(54-9)36(28)43)57-38(51)26(3)45(7)33(47)16-17-40(4,5)60-59-18-12-15-35(49)50/h11,13-14,20-21,25-26,30-32,37,53H,12,15-19,22-23H2,1-10H3,(H,44,52)(H,49,50). The number of carboxylic acid groups (broad SMARTS) is 1. The molecule has 0 saturated carbocycles. The van der Waals surface area contributed by atoms with Gasteiger partial charge in [0, 0.05) is 56.9 Å². The van der Waals surface area contributed by atoms with Crippen LogP contribution in [0.1, 0.15) is 85.6 Å². The van der Waals surface area contributed by atoms with Crippen LogP contribution in [0.3, 0.4) is 0 Å². The van der Waals surface area contributed by atoms with Gasteiger partial charge in [-0.1, -0.05) is 63.9 Å². The number of epoxide rings is 1. The monoisotopic (exact) mass is 897 g/mol. The number of anilines is 1. The minimum atomic E-state index is -1.85. The normalized spacial score (nSPS) is 27.8. The molecule has 3 N–H and O–H groups in total. The molecule has 4 bridgehead atoms. The Kier molecular flexibility index (Phi) is 16.9. The molecule has 8 atom stereocenters. The highest BCUT2D eigenvalue weighted by molar-refractivity contribution is 8.77. The molecule has 1 aromatic carbocycles. The van der Waals surface area contributed by atoms with Crippen LogP contribution in [0.25, 0.3) is 0 Å². The highest BCUT2D eigenvalue weighted by Crippen LogP contribution is 2.49. The van der Waals surface area contributed by atoms with Crippen molar-refractivity contribution < 1.29 is 57.9 Å². The van der Waals surface area contributed by atoms with E-state index in [1.165, 1.54) is 31.1 Å². The lowest BCUT2D eigenvalue weighted by Crippen LogP contribution is -2.63. The number of ether oxygens (including phenoxy) is 5. The number of aliphatic hydroxyl groups is 1. The number of carbonyl (C=O) groups excluding carboxylic acids is 4. The van der Waals surface area contributed by atoms with E-state index >= 15 is 0 Å². The number of hydrogen-bond donors (Lipinski definition) is 3. The first-order valence-corrected chi connectivity index (χ1v) is 22.6. The van der Waals surface area contributed by atoms with Crippen molar-refractivity contribution in [3.05, 3.63) is 46.5 Å². The first-order chi connectivity index (χ1) is 28.0. The van der Waals surface area contributed by atoms with E-state index < -0.39 is 71.6 Å². The van der Waals surface area contributed by atoms with E-state index in [1.807, 2.05) is 26.8 Å². The molecule has 60 heavy (non-hydrogen) atoms.